The van der Waals surface area contributed by atoms with Gasteiger partial charge in [-0.15, -0.1) is 5.10 Å². The van der Waals surface area contributed by atoms with Gasteiger partial charge in [-0.05, 0) is 30.7 Å². The molecule has 1 unspecified atom stereocenters. The molecule has 0 aliphatic heterocycles. The number of nitrogens with zero attached hydrogens (tertiary/aromatic N) is 6. The average molecular weight is 371 g/mol. The molecule has 3 heterocycles. The maximum atomic E-state index is 14.0. The molecule has 0 spiro atoms. The van der Waals surface area contributed by atoms with Crippen LogP contribution in [-0.4, -0.2) is 34.7 Å². The molecule has 8 nitrogen and oxygen atoms in total. The second-order valence-corrected chi connectivity index (χ2v) is 6.02. The summed E-state index contributed by atoms with van der Waals surface area (Å²) in [5.74, 6) is -1.22. The predicted octanol–water partition coefficient (Wildman–Crippen LogP) is 1.82. The summed E-state index contributed by atoms with van der Waals surface area (Å²) in [6, 6.07) is 6.47. The summed E-state index contributed by atoms with van der Waals surface area (Å²) >= 11 is 0. The van der Waals surface area contributed by atoms with E-state index in [9.17, 15) is 13.9 Å². The van der Waals surface area contributed by atoms with Gasteiger partial charge in [-0.1, -0.05) is 12.1 Å². The minimum atomic E-state index is -1.55. The zero-order valence-corrected chi connectivity index (χ0v) is 14.2. The first-order valence-corrected chi connectivity index (χ1v) is 8.13. The van der Waals surface area contributed by atoms with Crippen molar-refractivity contribution in [1.29, 1.82) is 0 Å². The lowest BCUT2D eigenvalue weighted by molar-refractivity contribution is 0.0653. The molecule has 10 heteroatoms. The largest absolute Gasteiger partial charge is 0.382 e. The van der Waals surface area contributed by atoms with E-state index in [1.165, 1.54) is 23.1 Å². The minimum Gasteiger partial charge on any atom is -0.382 e. The molecule has 27 heavy (non-hydrogen) atoms. The molecular formula is C17H15F2N7O. The van der Waals surface area contributed by atoms with E-state index in [4.69, 9.17) is 5.73 Å². The maximum absolute atomic E-state index is 14.0. The Morgan fingerprint density at radius 1 is 1.22 bits per heavy atom. The van der Waals surface area contributed by atoms with E-state index in [0.29, 0.717) is 11.2 Å². The van der Waals surface area contributed by atoms with E-state index >= 15 is 0 Å². The van der Waals surface area contributed by atoms with Crippen molar-refractivity contribution in [1.82, 2.24) is 29.6 Å². The lowest BCUT2D eigenvalue weighted by Gasteiger charge is -2.23. The van der Waals surface area contributed by atoms with Crippen molar-refractivity contribution in [3.63, 3.8) is 0 Å². The fraction of sp³-hybridized carbons (Fsp3) is 0.176. The van der Waals surface area contributed by atoms with Gasteiger partial charge in [-0.3, -0.25) is 0 Å². The number of nitrogens with two attached hydrogens (primary N) is 1. The highest BCUT2D eigenvalue weighted by Crippen LogP contribution is 2.33. The van der Waals surface area contributed by atoms with Crippen LogP contribution in [0.4, 0.5) is 14.6 Å². The number of fused-ring (bicyclic) bond motifs is 1. The van der Waals surface area contributed by atoms with E-state index in [1.807, 2.05) is 0 Å². The second kappa shape index (κ2) is 6.09. The van der Waals surface area contributed by atoms with Crippen molar-refractivity contribution in [2.24, 2.45) is 0 Å². The van der Waals surface area contributed by atoms with Gasteiger partial charge in [-0.2, -0.15) is 5.10 Å². The summed E-state index contributed by atoms with van der Waals surface area (Å²) in [6.07, 6.45) is 2.92. The van der Waals surface area contributed by atoms with Crippen molar-refractivity contribution in [2.45, 2.75) is 18.9 Å². The van der Waals surface area contributed by atoms with Gasteiger partial charge in [0.2, 0.25) is 0 Å². The van der Waals surface area contributed by atoms with Gasteiger partial charge in [0.05, 0.1) is 11.9 Å². The number of hydrogen-bond acceptors (Lipinski definition) is 6. The van der Waals surface area contributed by atoms with Crippen molar-refractivity contribution in [3.8, 4) is 5.69 Å². The number of anilines is 1. The molecule has 138 valence electrons. The van der Waals surface area contributed by atoms with Gasteiger partial charge < -0.3 is 10.8 Å². The number of halogens is 2. The highest BCUT2D eigenvalue weighted by atomic mass is 19.1. The van der Waals surface area contributed by atoms with Crippen LogP contribution in [0.15, 0.2) is 42.9 Å². The first-order chi connectivity index (χ1) is 12.9. The molecule has 0 saturated carbocycles. The molecule has 0 fully saturated rings. The summed E-state index contributed by atoms with van der Waals surface area (Å²) in [6.45, 7) is 1.77. The van der Waals surface area contributed by atoms with E-state index in [1.54, 1.807) is 19.1 Å². The van der Waals surface area contributed by atoms with Crippen molar-refractivity contribution >= 4 is 11.3 Å². The van der Waals surface area contributed by atoms with Crippen LogP contribution in [0.5, 0.6) is 0 Å². The molecular weight excluding hydrogens is 356 g/mol. The topological polar surface area (TPSA) is 107 Å². The predicted molar refractivity (Wildman–Crippen MR) is 92.0 cm³/mol. The third-order valence-corrected chi connectivity index (χ3v) is 4.49. The lowest BCUT2D eigenvalue weighted by Crippen LogP contribution is -2.29. The summed E-state index contributed by atoms with van der Waals surface area (Å²) in [5, 5.41) is 23.3. The number of hydrogen-bond donors (Lipinski definition) is 2. The molecule has 0 radical (unpaired) electrons. The van der Waals surface area contributed by atoms with Crippen molar-refractivity contribution in [2.75, 3.05) is 5.73 Å². The van der Waals surface area contributed by atoms with E-state index < -0.39 is 17.2 Å². The van der Waals surface area contributed by atoms with E-state index in [0.717, 1.165) is 16.8 Å². The minimum absolute atomic E-state index is 0.0141. The summed E-state index contributed by atoms with van der Waals surface area (Å²) in [7, 11) is 0. The van der Waals surface area contributed by atoms with Crippen LogP contribution in [0.2, 0.25) is 0 Å². The van der Waals surface area contributed by atoms with Crippen LogP contribution >= 0.6 is 0 Å². The second-order valence-electron chi connectivity index (χ2n) is 6.02. The summed E-state index contributed by atoms with van der Waals surface area (Å²) in [5.41, 5.74) is 5.45. The molecule has 0 bridgehead atoms. The Balaban J connectivity index is 1.83. The Labute approximate surface area is 151 Å². The first-order valence-electron chi connectivity index (χ1n) is 8.13. The molecule has 0 amide bonds. The SMILES string of the molecule is CCC(O)(c1cn(-c2ccc(F)cc2F)nn1)c1ccc2c(N)ncnn12. The third kappa shape index (κ3) is 2.61. The van der Waals surface area contributed by atoms with Crippen molar-refractivity contribution in [3.05, 3.63) is 65.9 Å². The van der Waals surface area contributed by atoms with Gasteiger partial charge in [0, 0.05) is 6.07 Å². The smallest absolute Gasteiger partial charge is 0.151 e. The quantitative estimate of drug-likeness (QED) is 0.567. The fourth-order valence-electron chi connectivity index (χ4n) is 3.00. The molecule has 1 aromatic carbocycles. The Morgan fingerprint density at radius 2 is 2.04 bits per heavy atom. The number of rotatable bonds is 4. The zero-order chi connectivity index (χ0) is 19.2. The standard InChI is InChI=1S/C17H15F2N7O/c1-2-17(27,15-6-5-13-16(20)21-9-22-26(13)15)14-8-25(24-23-14)12-4-3-10(18)7-11(12)19/h3-9,27H,2H2,1H3,(H2,20,21,22). The third-order valence-electron chi connectivity index (χ3n) is 4.49. The van der Waals surface area contributed by atoms with Crippen LogP contribution in [0.25, 0.3) is 11.2 Å². The highest BCUT2D eigenvalue weighted by molar-refractivity contribution is 5.65. The van der Waals surface area contributed by atoms with Gasteiger partial charge in [0.25, 0.3) is 0 Å². The normalized spacial score (nSPS) is 13.8. The van der Waals surface area contributed by atoms with Crippen LogP contribution < -0.4 is 5.73 Å². The number of benzene rings is 1. The number of aliphatic hydroxyl groups is 1. The monoisotopic (exact) mass is 371 g/mol. The molecule has 0 aliphatic carbocycles. The number of aromatic nitrogens is 6. The van der Waals surface area contributed by atoms with Crippen LogP contribution in [-0.2, 0) is 5.60 Å². The van der Waals surface area contributed by atoms with Crippen LogP contribution in [0.3, 0.4) is 0 Å². The van der Waals surface area contributed by atoms with Gasteiger partial charge >= 0.3 is 0 Å². The van der Waals surface area contributed by atoms with Crippen molar-refractivity contribution < 1.29 is 13.9 Å². The Hall–Kier alpha value is -3.40. The van der Waals surface area contributed by atoms with Gasteiger partial charge in [0.15, 0.2) is 17.2 Å². The first kappa shape index (κ1) is 17.0. The molecule has 0 saturated heterocycles. The molecule has 1 atom stereocenters. The van der Waals surface area contributed by atoms with Crippen LogP contribution in [0, 0.1) is 11.6 Å². The molecule has 4 aromatic rings. The molecule has 0 aliphatic rings. The maximum Gasteiger partial charge on any atom is 0.151 e. The summed E-state index contributed by atoms with van der Waals surface area (Å²) < 4.78 is 29.8. The highest BCUT2D eigenvalue weighted by Gasteiger charge is 2.36. The molecule has 3 N–H and O–H groups in total. The van der Waals surface area contributed by atoms with Gasteiger partial charge in [-0.25, -0.2) is 23.0 Å². The molecule has 4 rings (SSSR count). The Bertz CT molecular complexity index is 1140. The molecule has 3 aromatic heterocycles. The zero-order valence-electron chi connectivity index (χ0n) is 14.2. The average Bonchev–Trinajstić information content (AvgIpc) is 3.29. The summed E-state index contributed by atoms with van der Waals surface area (Å²) in [4.78, 5) is 3.92. The Kier molecular flexibility index (Phi) is 3.84. The Morgan fingerprint density at radius 3 is 2.78 bits per heavy atom. The fourth-order valence-corrected chi connectivity index (χ4v) is 3.00. The number of nitrogen functional groups attached to an aromatic ring is 1. The van der Waals surface area contributed by atoms with Crippen LogP contribution in [0.1, 0.15) is 24.7 Å². The van der Waals surface area contributed by atoms with Gasteiger partial charge in [0.1, 0.15) is 29.0 Å². The van der Waals surface area contributed by atoms with E-state index in [-0.39, 0.29) is 23.6 Å². The lowest BCUT2D eigenvalue weighted by atomic mass is 9.93. The van der Waals surface area contributed by atoms with E-state index in [2.05, 4.69) is 20.4 Å².